The summed E-state index contributed by atoms with van der Waals surface area (Å²) in [6.45, 7) is 4.67. The number of furan rings is 2. The van der Waals surface area contributed by atoms with Crippen LogP contribution < -0.4 is 29.1 Å². The predicted octanol–water partition coefficient (Wildman–Crippen LogP) is 27.5. The van der Waals surface area contributed by atoms with Crippen molar-refractivity contribution >= 4 is 134 Å². The second-order valence-corrected chi connectivity index (χ2v) is 27.2. The van der Waals surface area contributed by atoms with Crippen molar-refractivity contribution in [2.75, 3.05) is 19.6 Å². The van der Waals surface area contributed by atoms with Crippen molar-refractivity contribution in [3.8, 4) is 45.3 Å². The van der Waals surface area contributed by atoms with Crippen molar-refractivity contribution in [2.45, 2.75) is 19.3 Å². The largest absolute Gasteiger partial charge is 0.456 e. The summed E-state index contributed by atoms with van der Waals surface area (Å²) in [5, 5.41) is 9.24. The molecule has 1 aliphatic carbocycles. The Labute approximate surface area is 595 Å². The van der Waals surface area contributed by atoms with Gasteiger partial charge in [0.05, 0.1) is 34.1 Å². The molecule has 8 nitrogen and oxygen atoms in total. The maximum atomic E-state index is 6.76. The molecule has 4 heterocycles. The van der Waals surface area contributed by atoms with Crippen LogP contribution in [-0.4, -0.2) is 0 Å². The molecule has 0 radical (unpaired) electrons. The second kappa shape index (κ2) is 23.8. The average molecular weight is 1330 g/mol. The lowest BCUT2D eigenvalue weighted by Crippen LogP contribution is -2.18. The van der Waals surface area contributed by atoms with Gasteiger partial charge in [-0.1, -0.05) is 208 Å². The maximum absolute atomic E-state index is 6.76. The van der Waals surface area contributed by atoms with Crippen molar-refractivity contribution in [1.82, 2.24) is 0 Å². The molecule has 16 aromatic carbocycles. The van der Waals surface area contributed by atoms with Gasteiger partial charge in [0.1, 0.15) is 22.3 Å². The molecule has 0 N–H and O–H groups in total. The molecular weight excluding hydrogens is 1260 g/mol. The van der Waals surface area contributed by atoms with E-state index < -0.39 is 0 Å². The first kappa shape index (κ1) is 59.5. The van der Waals surface area contributed by atoms with E-state index in [1.165, 1.54) is 54.9 Å². The molecule has 0 saturated heterocycles. The lowest BCUT2D eigenvalue weighted by Gasteiger charge is -2.34. The van der Waals surface area contributed by atoms with Crippen LogP contribution in [0.3, 0.4) is 0 Å². The smallest absolute Gasteiger partial charge is 0.153 e. The number of anilines is 12. The standard InChI is InChI=1S/C49H34N2O2.C46H30N2O2/c1-49(2)41-15-7-5-13-37(41)38-24-21-34(28-42(38)49)50(33-20-19-31-11-3-4-12-32(31)27-33)35-23-26-44-48(30-35)53-46-18-10-8-16-43(46)51(44)36-22-25-40-39-14-6-9-17-45(39)52-47(40)29-36;1-2-10-31(11-3-1)33-18-21-35(22-19-33)47(36-23-20-32-12-4-5-13-34(32)28-36)37-25-27-42-46(30-37)50-44-17-9-7-15-41(44)48(42)38-24-26-40-39-14-6-8-16-43(39)49-45(40)29-38/h3-30H,1-2H3;1-30H. The molecule has 0 unspecified atom stereocenters. The monoisotopic (exact) mass is 1320 g/mol. The minimum Gasteiger partial charge on any atom is -0.456 e. The Bertz CT molecular complexity index is 6410. The van der Waals surface area contributed by atoms with Crippen LogP contribution >= 0.6 is 0 Å². The Morgan fingerprint density at radius 2 is 0.650 bits per heavy atom. The quantitative estimate of drug-likeness (QED) is 0.142. The lowest BCUT2D eigenvalue weighted by molar-refractivity contribution is 0.477. The zero-order valence-corrected chi connectivity index (χ0v) is 56.4. The highest BCUT2D eigenvalue weighted by atomic mass is 16.5. The van der Waals surface area contributed by atoms with E-state index >= 15 is 0 Å². The van der Waals surface area contributed by atoms with Crippen molar-refractivity contribution in [3.05, 3.63) is 363 Å². The third-order valence-corrected chi connectivity index (χ3v) is 20.8. The number of hydrogen-bond donors (Lipinski definition) is 0. The number of benzene rings is 16. The number of nitrogens with zero attached hydrogens (tertiary/aromatic N) is 4. The summed E-state index contributed by atoms with van der Waals surface area (Å²) in [7, 11) is 0. The number of hydrogen-bond acceptors (Lipinski definition) is 8. The van der Waals surface area contributed by atoms with Crippen LogP contribution in [0.25, 0.3) is 87.7 Å². The highest BCUT2D eigenvalue weighted by molar-refractivity contribution is 6.08. The summed E-state index contributed by atoms with van der Waals surface area (Å²) in [5.41, 5.74) is 23.3. The van der Waals surface area contributed by atoms with E-state index in [1.807, 2.05) is 54.6 Å². The molecule has 0 saturated carbocycles. The molecule has 2 aromatic heterocycles. The number of fused-ring (bicyclic) bond motifs is 15. The normalized spacial score (nSPS) is 13.0. The second-order valence-electron chi connectivity index (χ2n) is 27.2. The summed E-state index contributed by atoms with van der Waals surface area (Å²) in [4.78, 5) is 9.20. The van der Waals surface area contributed by atoms with Crippen LogP contribution in [0.1, 0.15) is 25.0 Å². The molecule has 0 spiro atoms. The summed E-state index contributed by atoms with van der Waals surface area (Å²) in [6.07, 6.45) is 0. The average Bonchev–Trinajstić information content (AvgIpc) is 1.71. The SMILES string of the molecule is CC1(C)c2ccccc2-c2ccc(N(c3ccc4c(c3)Oc3ccccc3N4c3ccc4c(c3)oc3ccccc34)c3ccc4ccccc4c3)cc21.c1ccc(-c2ccc(N(c3ccc4c(c3)Oc3ccccc3N4c3ccc4c(c3)oc3ccccc34)c3ccc4ccccc4c3)cc2)cc1. The van der Waals surface area contributed by atoms with E-state index in [1.54, 1.807) is 0 Å². The van der Waals surface area contributed by atoms with E-state index in [-0.39, 0.29) is 5.41 Å². The van der Waals surface area contributed by atoms with Crippen molar-refractivity contribution in [1.29, 1.82) is 0 Å². The van der Waals surface area contributed by atoms with Gasteiger partial charge in [0, 0.05) is 85.3 Å². The zero-order chi connectivity index (χ0) is 68.3. The first-order chi connectivity index (χ1) is 50.8. The van der Waals surface area contributed by atoms with Crippen LogP contribution in [0, 0.1) is 0 Å². The van der Waals surface area contributed by atoms with Gasteiger partial charge in [-0.05, 0) is 188 Å². The van der Waals surface area contributed by atoms with Gasteiger partial charge in [0.2, 0.25) is 0 Å². The molecule has 488 valence electrons. The summed E-state index contributed by atoms with van der Waals surface area (Å²) < 4.78 is 26.1. The van der Waals surface area contributed by atoms with E-state index in [0.29, 0.717) is 0 Å². The third kappa shape index (κ3) is 10.0. The van der Waals surface area contributed by atoms with Crippen LogP contribution in [0.4, 0.5) is 68.2 Å². The topological polar surface area (TPSA) is 57.7 Å². The van der Waals surface area contributed by atoms with Crippen molar-refractivity contribution in [2.24, 2.45) is 0 Å². The van der Waals surface area contributed by atoms with Crippen molar-refractivity contribution in [3.63, 3.8) is 0 Å². The van der Waals surface area contributed by atoms with Gasteiger partial charge in [0.15, 0.2) is 23.0 Å². The van der Waals surface area contributed by atoms with Gasteiger partial charge < -0.3 is 37.9 Å². The Morgan fingerprint density at radius 1 is 0.252 bits per heavy atom. The van der Waals surface area contributed by atoms with E-state index in [4.69, 9.17) is 18.3 Å². The molecule has 0 atom stereocenters. The van der Waals surface area contributed by atoms with E-state index in [0.717, 1.165) is 135 Å². The molecular formula is C95H64N4O4. The molecule has 21 rings (SSSR count). The minimum atomic E-state index is -0.124. The van der Waals surface area contributed by atoms with Crippen LogP contribution in [-0.2, 0) is 5.41 Å². The third-order valence-electron chi connectivity index (χ3n) is 20.8. The first-order valence-corrected chi connectivity index (χ1v) is 35.0. The Balaban J connectivity index is 0.000000138. The Morgan fingerprint density at radius 3 is 1.22 bits per heavy atom. The molecule has 2 aliphatic heterocycles. The van der Waals surface area contributed by atoms with Crippen LogP contribution in [0.5, 0.6) is 23.0 Å². The maximum Gasteiger partial charge on any atom is 0.153 e. The van der Waals surface area contributed by atoms with Gasteiger partial charge in [-0.25, -0.2) is 0 Å². The lowest BCUT2D eigenvalue weighted by atomic mass is 9.82. The van der Waals surface area contributed by atoms with Crippen molar-refractivity contribution < 1.29 is 18.3 Å². The van der Waals surface area contributed by atoms with E-state index in [2.05, 4.69) is 331 Å². The molecule has 0 fully saturated rings. The minimum absolute atomic E-state index is 0.124. The zero-order valence-electron chi connectivity index (χ0n) is 56.4. The molecule has 0 bridgehead atoms. The van der Waals surface area contributed by atoms with Crippen LogP contribution in [0.15, 0.2) is 361 Å². The van der Waals surface area contributed by atoms with Gasteiger partial charge in [-0.3, -0.25) is 0 Å². The first-order valence-electron chi connectivity index (χ1n) is 35.0. The fourth-order valence-electron chi connectivity index (χ4n) is 15.8. The fourth-order valence-corrected chi connectivity index (χ4v) is 15.8. The summed E-state index contributed by atoms with van der Waals surface area (Å²) in [5.74, 6) is 3.16. The van der Waals surface area contributed by atoms with Gasteiger partial charge in [-0.15, -0.1) is 0 Å². The summed E-state index contributed by atoms with van der Waals surface area (Å²) >= 11 is 0. The molecule has 103 heavy (non-hydrogen) atoms. The van der Waals surface area contributed by atoms with Gasteiger partial charge in [0.25, 0.3) is 0 Å². The number of ether oxygens (including phenoxy) is 2. The Kier molecular flexibility index (Phi) is 13.8. The highest BCUT2D eigenvalue weighted by Crippen LogP contribution is 2.57. The van der Waals surface area contributed by atoms with Gasteiger partial charge in [-0.2, -0.15) is 0 Å². The molecule has 8 heteroatoms. The Hall–Kier alpha value is -13.6. The number of para-hydroxylation sites is 6. The fraction of sp³-hybridized carbons (Fsp3) is 0.0316. The molecule has 18 aromatic rings. The number of rotatable bonds is 9. The summed E-state index contributed by atoms with van der Waals surface area (Å²) in [6, 6.07) is 124. The highest BCUT2D eigenvalue weighted by Gasteiger charge is 2.37. The predicted molar refractivity (Wildman–Crippen MR) is 424 cm³/mol. The van der Waals surface area contributed by atoms with E-state index in [9.17, 15) is 0 Å². The van der Waals surface area contributed by atoms with Gasteiger partial charge >= 0.3 is 0 Å². The molecule has 3 aliphatic rings. The van der Waals surface area contributed by atoms with Crippen LogP contribution in [0.2, 0.25) is 0 Å². The molecule has 0 amide bonds.